The van der Waals surface area contributed by atoms with E-state index in [2.05, 4.69) is 32.9 Å². The number of carbonyl (C=O) groups excluding carboxylic acids is 1. The Morgan fingerprint density at radius 3 is 2.67 bits per heavy atom. The van der Waals surface area contributed by atoms with Gasteiger partial charge in [-0.15, -0.1) is 0 Å². The molecule has 0 saturated carbocycles. The third kappa shape index (κ3) is 4.03. The second-order valence-electron chi connectivity index (χ2n) is 5.50. The predicted octanol–water partition coefficient (Wildman–Crippen LogP) is 4.23. The Labute approximate surface area is 154 Å². The minimum Gasteiger partial charge on any atom is -0.444 e. The molecule has 0 atom stereocenters. The van der Waals surface area contributed by atoms with E-state index >= 15 is 0 Å². The maximum atomic E-state index is 12.2. The van der Waals surface area contributed by atoms with Crippen LogP contribution in [0.4, 0.5) is 0 Å². The summed E-state index contributed by atoms with van der Waals surface area (Å²) in [6.07, 6.45) is 2.28. The molecule has 2 aromatic carbocycles. The van der Waals surface area contributed by atoms with Crippen LogP contribution in [0, 0.1) is 10.5 Å². The van der Waals surface area contributed by atoms with Crippen molar-refractivity contribution in [2.45, 2.75) is 13.3 Å². The highest BCUT2D eigenvalue weighted by Crippen LogP contribution is 2.19. The van der Waals surface area contributed by atoms with Gasteiger partial charge in [0.25, 0.3) is 5.91 Å². The third-order valence-electron chi connectivity index (χ3n) is 3.64. The lowest BCUT2D eigenvalue weighted by atomic mass is 10.1. The van der Waals surface area contributed by atoms with Gasteiger partial charge in [0.1, 0.15) is 6.26 Å². The van der Waals surface area contributed by atoms with Crippen LogP contribution in [-0.2, 0) is 6.42 Å². The molecule has 5 heteroatoms. The smallest absolute Gasteiger partial charge is 0.252 e. The zero-order chi connectivity index (χ0) is 16.9. The number of hydrogen-bond donors (Lipinski definition) is 1. The molecular formula is C19H17IN2O2. The Kier molecular flexibility index (Phi) is 5.30. The maximum Gasteiger partial charge on any atom is 0.252 e. The number of nitrogens with one attached hydrogen (secondary N) is 1. The highest BCUT2D eigenvalue weighted by molar-refractivity contribution is 14.1. The first-order valence-corrected chi connectivity index (χ1v) is 8.75. The third-order valence-corrected chi connectivity index (χ3v) is 4.58. The number of aromatic nitrogens is 1. The second kappa shape index (κ2) is 7.61. The number of hydrogen-bond acceptors (Lipinski definition) is 3. The second-order valence-corrected chi connectivity index (χ2v) is 6.66. The van der Waals surface area contributed by atoms with E-state index in [1.807, 2.05) is 55.5 Å². The Bertz CT molecular complexity index is 841. The normalized spacial score (nSPS) is 10.6. The standard InChI is InChI=1S/C19H17IN2O2/c1-13-6-8-14(9-7-13)19-22-15(12-24-19)10-11-21-18(23)16-4-2-3-5-17(16)20/h2-9,12H,10-11H2,1H3,(H,21,23). The maximum absolute atomic E-state index is 12.2. The minimum absolute atomic E-state index is 0.0674. The van der Waals surface area contributed by atoms with Gasteiger partial charge in [-0.1, -0.05) is 29.8 Å². The summed E-state index contributed by atoms with van der Waals surface area (Å²) in [6.45, 7) is 2.56. The summed E-state index contributed by atoms with van der Waals surface area (Å²) >= 11 is 2.16. The van der Waals surface area contributed by atoms with Crippen molar-refractivity contribution < 1.29 is 9.21 Å². The van der Waals surface area contributed by atoms with E-state index in [0.717, 1.165) is 14.8 Å². The SMILES string of the molecule is Cc1ccc(-c2nc(CCNC(=O)c3ccccc3I)co2)cc1. The first-order chi connectivity index (χ1) is 11.6. The van der Waals surface area contributed by atoms with Crippen LogP contribution in [0.15, 0.2) is 59.2 Å². The van der Waals surface area contributed by atoms with Gasteiger partial charge in [0.05, 0.1) is 11.3 Å². The topological polar surface area (TPSA) is 55.1 Å². The molecule has 1 heterocycles. The molecule has 0 radical (unpaired) electrons. The average molecular weight is 432 g/mol. The van der Waals surface area contributed by atoms with Crippen molar-refractivity contribution in [3.05, 3.63) is 75.2 Å². The number of rotatable bonds is 5. The van der Waals surface area contributed by atoms with Gasteiger partial charge in [-0.25, -0.2) is 4.98 Å². The van der Waals surface area contributed by atoms with Crippen molar-refractivity contribution in [1.29, 1.82) is 0 Å². The van der Waals surface area contributed by atoms with Crippen LogP contribution in [0.25, 0.3) is 11.5 Å². The first kappa shape index (κ1) is 16.7. The van der Waals surface area contributed by atoms with Gasteiger partial charge in [-0.05, 0) is 53.8 Å². The lowest BCUT2D eigenvalue weighted by molar-refractivity contribution is 0.0953. The summed E-state index contributed by atoms with van der Waals surface area (Å²) in [5, 5.41) is 2.92. The molecule has 0 aliphatic carbocycles. The van der Waals surface area contributed by atoms with E-state index in [4.69, 9.17) is 4.42 Å². The van der Waals surface area contributed by atoms with Crippen molar-refractivity contribution in [1.82, 2.24) is 10.3 Å². The van der Waals surface area contributed by atoms with Crippen LogP contribution >= 0.6 is 22.6 Å². The molecule has 3 rings (SSSR count). The summed E-state index contributed by atoms with van der Waals surface area (Å²) < 4.78 is 6.47. The van der Waals surface area contributed by atoms with Crippen molar-refractivity contribution >= 4 is 28.5 Å². The van der Waals surface area contributed by atoms with Gasteiger partial charge >= 0.3 is 0 Å². The fourth-order valence-corrected chi connectivity index (χ4v) is 2.93. The zero-order valence-electron chi connectivity index (χ0n) is 13.3. The van der Waals surface area contributed by atoms with Crippen LogP contribution in [0.3, 0.4) is 0 Å². The van der Waals surface area contributed by atoms with Crippen LogP contribution in [0.1, 0.15) is 21.6 Å². The Hall–Kier alpha value is -2.15. The molecule has 4 nitrogen and oxygen atoms in total. The van der Waals surface area contributed by atoms with E-state index < -0.39 is 0 Å². The highest BCUT2D eigenvalue weighted by atomic mass is 127. The monoisotopic (exact) mass is 432 g/mol. The molecule has 0 aliphatic rings. The van der Waals surface area contributed by atoms with Crippen molar-refractivity contribution in [2.24, 2.45) is 0 Å². The number of nitrogens with zero attached hydrogens (tertiary/aromatic N) is 1. The molecule has 0 unspecified atom stereocenters. The summed E-state index contributed by atoms with van der Waals surface area (Å²) in [7, 11) is 0. The van der Waals surface area contributed by atoms with Crippen molar-refractivity contribution in [2.75, 3.05) is 6.54 Å². The molecule has 0 saturated heterocycles. The van der Waals surface area contributed by atoms with Crippen LogP contribution in [-0.4, -0.2) is 17.4 Å². The van der Waals surface area contributed by atoms with Crippen molar-refractivity contribution in [3.8, 4) is 11.5 Å². The first-order valence-electron chi connectivity index (χ1n) is 7.67. The number of aryl methyl sites for hydroxylation is 1. The Morgan fingerprint density at radius 1 is 1.17 bits per heavy atom. The van der Waals surface area contributed by atoms with Gasteiger partial charge in [0, 0.05) is 22.1 Å². The molecule has 1 aromatic heterocycles. The van der Waals surface area contributed by atoms with E-state index in [9.17, 15) is 4.79 Å². The van der Waals surface area contributed by atoms with E-state index in [-0.39, 0.29) is 5.91 Å². The lowest BCUT2D eigenvalue weighted by Gasteiger charge is -2.05. The lowest BCUT2D eigenvalue weighted by Crippen LogP contribution is -2.26. The van der Waals surface area contributed by atoms with Crippen LogP contribution in [0.5, 0.6) is 0 Å². The van der Waals surface area contributed by atoms with E-state index in [0.29, 0.717) is 24.4 Å². The summed E-state index contributed by atoms with van der Waals surface area (Å²) in [5.74, 6) is 0.538. The fraction of sp³-hybridized carbons (Fsp3) is 0.158. The fourth-order valence-electron chi connectivity index (χ4n) is 2.30. The van der Waals surface area contributed by atoms with Crippen molar-refractivity contribution in [3.63, 3.8) is 0 Å². The van der Waals surface area contributed by atoms with E-state index in [1.54, 1.807) is 6.26 Å². The summed E-state index contributed by atoms with van der Waals surface area (Å²) in [6, 6.07) is 15.6. The van der Waals surface area contributed by atoms with Gasteiger partial charge < -0.3 is 9.73 Å². The van der Waals surface area contributed by atoms with Crippen LogP contribution in [0.2, 0.25) is 0 Å². The number of amides is 1. The van der Waals surface area contributed by atoms with Gasteiger partial charge in [-0.2, -0.15) is 0 Å². The molecule has 1 N–H and O–H groups in total. The molecular weight excluding hydrogens is 415 g/mol. The van der Waals surface area contributed by atoms with Gasteiger partial charge in [0.15, 0.2) is 0 Å². The van der Waals surface area contributed by atoms with E-state index in [1.165, 1.54) is 5.56 Å². The minimum atomic E-state index is -0.0674. The molecule has 0 spiro atoms. The Balaban J connectivity index is 1.57. The van der Waals surface area contributed by atoms with Gasteiger partial charge in [0.2, 0.25) is 5.89 Å². The number of carbonyl (C=O) groups is 1. The highest BCUT2D eigenvalue weighted by Gasteiger charge is 2.10. The molecule has 24 heavy (non-hydrogen) atoms. The number of oxazole rings is 1. The van der Waals surface area contributed by atoms with Crippen LogP contribution < -0.4 is 5.32 Å². The molecule has 0 fully saturated rings. The molecule has 0 aliphatic heterocycles. The average Bonchev–Trinajstić information content (AvgIpc) is 3.04. The summed E-state index contributed by atoms with van der Waals surface area (Å²) in [5.41, 5.74) is 3.67. The summed E-state index contributed by atoms with van der Waals surface area (Å²) in [4.78, 5) is 16.6. The Morgan fingerprint density at radius 2 is 1.92 bits per heavy atom. The molecule has 0 bridgehead atoms. The predicted molar refractivity (Wildman–Crippen MR) is 102 cm³/mol. The quantitative estimate of drug-likeness (QED) is 0.615. The number of halogens is 1. The largest absolute Gasteiger partial charge is 0.444 e. The molecule has 1 amide bonds. The zero-order valence-corrected chi connectivity index (χ0v) is 15.4. The van der Waals surface area contributed by atoms with Gasteiger partial charge in [-0.3, -0.25) is 4.79 Å². The number of benzene rings is 2. The molecule has 3 aromatic rings. The molecule has 122 valence electrons.